The number of fused-ring (bicyclic) bond motifs is 1. The molecule has 0 radical (unpaired) electrons. The van der Waals surface area contributed by atoms with Crippen LogP contribution in [-0.2, 0) is 22.4 Å². The van der Waals surface area contributed by atoms with Crippen LogP contribution in [0.2, 0.25) is 0 Å². The van der Waals surface area contributed by atoms with Gasteiger partial charge in [0.2, 0.25) is 5.91 Å². The van der Waals surface area contributed by atoms with E-state index in [4.69, 9.17) is 4.74 Å². The fraction of sp³-hybridized carbons (Fsp3) is 0.458. The molecule has 2 aliphatic rings. The van der Waals surface area contributed by atoms with Crippen LogP contribution in [0, 0.1) is 17.2 Å². The minimum atomic E-state index is -0.240. The molecule has 0 aromatic carbocycles. The summed E-state index contributed by atoms with van der Waals surface area (Å²) in [6.07, 6.45) is 9.17. The molecule has 2 unspecified atom stereocenters. The average molecular weight is 440 g/mol. The first-order valence-corrected chi connectivity index (χ1v) is 11.5. The summed E-state index contributed by atoms with van der Waals surface area (Å²) < 4.78 is 5.71. The van der Waals surface area contributed by atoms with Crippen molar-refractivity contribution in [2.45, 2.75) is 51.6 Å². The first kappa shape index (κ1) is 22.8. The van der Waals surface area contributed by atoms with Gasteiger partial charge in [-0.1, -0.05) is 43.9 Å². The lowest BCUT2D eigenvalue weighted by molar-refractivity contribution is -0.116. The van der Waals surface area contributed by atoms with Gasteiger partial charge in [0.15, 0.2) is 0 Å². The van der Waals surface area contributed by atoms with Gasteiger partial charge in [0, 0.05) is 30.8 Å². The average Bonchev–Trinajstić information content (AvgIpc) is 3.39. The molecule has 1 N–H and O–H groups in total. The van der Waals surface area contributed by atoms with Crippen LogP contribution in [0.25, 0.3) is 0 Å². The maximum absolute atomic E-state index is 12.6. The first-order valence-electron chi connectivity index (χ1n) is 10.7. The van der Waals surface area contributed by atoms with E-state index in [9.17, 15) is 14.9 Å². The van der Waals surface area contributed by atoms with Crippen molar-refractivity contribution in [3.8, 4) is 6.07 Å². The van der Waals surface area contributed by atoms with E-state index in [1.807, 2.05) is 13.0 Å². The molecule has 31 heavy (non-hydrogen) atoms. The van der Waals surface area contributed by atoms with Crippen molar-refractivity contribution in [3.05, 3.63) is 53.0 Å². The number of ether oxygens (including phenoxy) is 1. The van der Waals surface area contributed by atoms with Crippen LogP contribution >= 0.6 is 11.3 Å². The van der Waals surface area contributed by atoms with Crippen LogP contribution in [0.15, 0.2) is 37.0 Å². The molecule has 1 aromatic heterocycles. The van der Waals surface area contributed by atoms with Gasteiger partial charge in [-0.25, -0.2) is 4.79 Å². The molecule has 0 spiro atoms. The van der Waals surface area contributed by atoms with Gasteiger partial charge in [-0.2, -0.15) is 5.26 Å². The summed E-state index contributed by atoms with van der Waals surface area (Å²) in [5.41, 5.74) is 2.36. The zero-order chi connectivity index (χ0) is 22.4. The molecule has 164 valence electrons. The number of nitriles is 1. The summed E-state index contributed by atoms with van der Waals surface area (Å²) in [5.74, 6) is -0.168. The third-order valence-corrected chi connectivity index (χ3v) is 6.96. The lowest BCUT2D eigenvalue weighted by Crippen LogP contribution is -2.34. The lowest BCUT2D eigenvalue weighted by atomic mass is 9.93. The van der Waals surface area contributed by atoms with Crippen LogP contribution < -0.4 is 5.32 Å². The van der Waals surface area contributed by atoms with Gasteiger partial charge < -0.3 is 15.0 Å². The van der Waals surface area contributed by atoms with Gasteiger partial charge in [-0.15, -0.1) is 11.3 Å². The molecule has 3 rings (SSSR count). The van der Waals surface area contributed by atoms with E-state index in [0.29, 0.717) is 29.8 Å². The fourth-order valence-electron chi connectivity index (χ4n) is 3.92. The molecule has 2 amide bonds. The van der Waals surface area contributed by atoms with Crippen LogP contribution in [0.3, 0.4) is 0 Å². The number of rotatable bonds is 7. The second-order valence-electron chi connectivity index (χ2n) is 8.09. The van der Waals surface area contributed by atoms with Gasteiger partial charge >= 0.3 is 6.09 Å². The highest BCUT2D eigenvalue weighted by Gasteiger charge is 2.30. The van der Waals surface area contributed by atoms with E-state index >= 15 is 0 Å². The highest BCUT2D eigenvalue weighted by molar-refractivity contribution is 7.16. The zero-order valence-electron chi connectivity index (χ0n) is 18.0. The summed E-state index contributed by atoms with van der Waals surface area (Å²) in [5, 5.41) is 13.2. The smallest absolute Gasteiger partial charge is 0.410 e. The number of carbonyl (C=O) groups excluding carboxylic acids is 2. The van der Waals surface area contributed by atoms with Gasteiger partial charge in [0.05, 0.1) is 5.56 Å². The quantitative estimate of drug-likeness (QED) is 0.608. The molecule has 1 aliphatic carbocycles. The van der Waals surface area contributed by atoms with E-state index < -0.39 is 0 Å². The Morgan fingerprint density at radius 1 is 1.42 bits per heavy atom. The normalized spacial score (nSPS) is 18.8. The Morgan fingerprint density at radius 2 is 2.16 bits per heavy atom. The van der Waals surface area contributed by atoms with Crippen molar-refractivity contribution in [2.75, 3.05) is 18.4 Å². The summed E-state index contributed by atoms with van der Waals surface area (Å²) in [6, 6.07) is 2.25. The van der Waals surface area contributed by atoms with Gasteiger partial charge in [0.1, 0.15) is 17.2 Å². The molecule has 1 aromatic rings. The van der Waals surface area contributed by atoms with Crippen molar-refractivity contribution in [1.29, 1.82) is 5.26 Å². The number of allylic oxidation sites excluding steroid dienone is 4. The monoisotopic (exact) mass is 439 g/mol. The number of nitrogens with one attached hydrogen (secondary N) is 1. The minimum Gasteiger partial charge on any atom is -0.446 e. The molecule has 1 aliphatic heterocycles. The number of nitrogens with zero attached hydrogens (tertiary/aromatic N) is 2. The second kappa shape index (κ2) is 10.5. The Bertz CT molecular complexity index is 935. The number of hydrogen-bond donors (Lipinski definition) is 1. The van der Waals surface area contributed by atoms with E-state index in [2.05, 4.69) is 24.5 Å². The standard InChI is InChI=1S/C24H29N3O3S/c1-4-5-8-16(2)17(3)13-22(28)26-23-20(15-25)19-10-9-18(14-21(19)31-23)30-24(29)27-11-6-7-12-27/h4-5,8,17-18H,1-2,6-7,9-14H2,3H3,(H,26,28)/b8-5-. The molecule has 6 nitrogen and oxygen atoms in total. The largest absolute Gasteiger partial charge is 0.446 e. The predicted octanol–water partition coefficient (Wildman–Crippen LogP) is 4.97. The number of amides is 2. The summed E-state index contributed by atoms with van der Waals surface area (Å²) in [7, 11) is 0. The Morgan fingerprint density at radius 3 is 2.84 bits per heavy atom. The molecular weight excluding hydrogens is 410 g/mol. The highest BCUT2D eigenvalue weighted by atomic mass is 32.1. The van der Waals surface area contributed by atoms with E-state index in [0.717, 1.165) is 41.9 Å². The van der Waals surface area contributed by atoms with Crippen molar-refractivity contribution >= 4 is 28.3 Å². The van der Waals surface area contributed by atoms with Crippen molar-refractivity contribution < 1.29 is 14.3 Å². The Balaban J connectivity index is 1.63. The van der Waals surface area contributed by atoms with Crippen LogP contribution in [0.4, 0.5) is 9.80 Å². The van der Waals surface area contributed by atoms with Crippen molar-refractivity contribution in [2.24, 2.45) is 5.92 Å². The molecule has 0 saturated carbocycles. The fourth-order valence-corrected chi connectivity index (χ4v) is 5.20. The number of thiophene rings is 1. The SMILES string of the molecule is C=C/C=C\C(=C)C(C)CC(=O)Nc1sc2c(c1C#N)CCC(OC(=O)N1CCCC1)C2. The molecule has 1 saturated heterocycles. The number of anilines is 1. The van der Waals surface area contributed by atoms with Crippen molar-refractivity contribution in [1.82, 2.24) is 4.90 Å². The van der Waals surface area contributed by atoms with Gasteiger partial charge in [0.25, 0.3) is 0 Å². The third kappa shape index (κ3) is 5.65. The van der Waals surface area contributed by atoms with E-state index in [1.54, 1.807) is 17.1 Å². The molecule has 7 heteroatoms. The van der Waals surface area contributed by atoms with Crippen LogP contribution in [0.1, 0.15) is 48.6 Å². The Hall–Kier alpha value is -2.85. The van der Waals surface area contributed by atoms with Crippen molar-refractivity contribution in [3.63, 3.8) is 0 Å². The molecular formula is C24H29N3O3S. The summed E-state index contributed by atoms with van der Waals surface area (Å²) in [6.45, 7) is 11.1. The minimum absolute atomic E-state index is 0.0225. The lowest BCUT2D eigenvalue weighted by Gasteiger charge is -2.25. The molecule has 1 fully saturated rings. The molecule has 2 atom stereocenters. The van der Waals surface area contributed by atoms with E-state index in [1.165, 1.54) is 11.3 Å². The summed E-state index contributed by atoms with van der Waals surface area (Å²) >= 11 is 1.42. The highest BCUT2D eigenvalue weighted by Crippen LogP contribution is 2.38. The predicted molar refractivity (Wildman–Crippen MR) is 123 cm³/mol. The topological polar surface area (TPSA) is 82.4 Å². The van der Waals surface area contributed by atoms with Crippen LogP contribution in [0.5, 0.6) is 0 Å². The molecule has 0 bridgehead atoms. The second-order valence-corrected chi connectivity index (χ2v) is 9.19. The summed E-state index contributed by atoms with van der Waals surface area (Å²) in [4.78, 5) is 27.6. The third-order valence-electron chi connectivity index (χ3n) is 5.79. The number of likely N-dealkylation sites (tertiary alicyclic amines) is 1. The number of hydrogen-bond acceptors (Lipinski definition) is 5. The maximum atomic E-state index is 12.6. The number of carbonyl (C=O) groups is 2. The Kier molecular flexibility index (Phi) is 7.69. The van der Waals surface area contributed by atoms with Crippen LogP contribution in [-0.4, -0.2) is 36.1 Å². The maximum Gasteiger partial charge on any atom is 0.410 e. The zero-order valence-corrected chi connectivity index (χ0v) is 18.8. The van der Waals surface area contributed by atoms with Gasteiger partial charge in [-0.3, -0.25) is 4.79 Å². The molecule has 2 heterocycles. The first-order chi connectivity index (χ1) is 14.9. The van der Waals surface area contributed by atoms with E-state index in [-0.39, 0.29) is 30.4 Å². The Labute approximate surface area is 187 Å². The van der Waals surface area contributed by atoms with Gasteiger partial charge in [-0.05, 0) is 37.2 Å².